The monoisotopic (exact) mass is 234 g/mol. The molecule has 1 aromatic rings. The van der Waals surface area contributed by atoms with Gasteiger partial charge in [-0.1, -0.05) is 19.6 Å². The molecular formula is C8H11ClN2O2S. The number of aromatic nitrogens is 2. The van der Waals surface area contributed by atoms with Crippen LogP contribution in [0.25, 0.3) is 0 Å². The number of alkyl halides is 1. The lowest BCUT2D eigenvalue weighted by atomic mass is 10.2. The van der Waals surface area contributed by atoms with Crippen LogP contribution in [-0.2, 0) is 9.53 Å². The molecule has 0 saturated carbocycles. The van der Waals surface area contributed by atoms with E-state index in [1.807, 2.05) is 0 Å². The van der Waals surface area contributed by atoms with Crippen molar-refractivity contribution in [1.29, 1.82) is 0 Å². The Bertz CT molecular complexity index is 342. The fraction of sp³-hybridized carbons (Fsp3) is 0.375. The molecule has 14 heavy (non-hydrogen) atoms. The lowest BCUT2D eigenvalue weighted by Crippen LogP contribution is -2.02. The van der Waals surface area contributed by atoms with E-state index >= 15 is 0 Å². The number of rotatable bonds is 4. The summed E-state index contributed by atoms with van der Waals surface area (Å²) in [7, 11) is 0. The molecule has 0 aromatic carbocycles. The van der Waals surface area contributed by atoms with Gasteiger partial charge in [0.05, 0.1) is 11.7 Å². The van der Waals surface area contributed by atoms with Crippen LogP contribution in [0.3, 0.4) is 0 Å². The van der Waals surface area contributed by atoms with E-state index in [-0.39, 0.29) is 14.0 Å². The molecule has 0 spiro atoms. The fourth-order valence-electron chi connectivity index (χ4n) is 0.792. The minimum absolute atomic E-state index is 0. The largest absolute Gasteiger partial charge is 0.466 e. The molecule has 78 valence electrons. The van der Waals surface area contributed by atoms with Crippen molar-refractivity contribution in [1.82, 2.24) is 9.97 Å². The summed E-state index contributed by atoms with van der Waals surface area (Å²) in [6.07, 6.45) is 3.01. The zero-order chi connectivity index (χ0) is 9.68. The van der Waals surface area contributed by atoms with Crippen molar-refractivity contribution in [2.45, 2.75) is 12.8 Å². The van der Waals surface area contributed by atoms with Gasteiger partial charge >= 0.3 is 0 Å². The molecule has 0 amide bonds. The quantitative estimate of drug-likeness (QED) is 0.493. The number of halogens is 1. The van der Waals surface area contributed by atoms with Crippen molar-refractivity contribution >= 4 is 30.3 Å². The Labute approximate surface area is 92.3 Å². The fourth-order valence-corrected chi connectivity index (χ4v) is 1.34. The van der Waals surface area contributed by atoms with Crippen LogP contribution in [0.1, 0.15) is 18.4 Å². The normalized spacial score (nSPS) is 11.2. The van der Waals surface area contributed by atoms with Crippen molar-refractivity contribution in [3.63, 3.8) is 0 Å². The van der Waals surface area contributed by atoms with Gasteiger partial charge in [-0.05, 0) is 0 Å². The summed E-state index contributed by atoms with van der Waals surface area (Å²) in [5.74, 6) is 0. The predicted octanol–water partition coefficient (Wildman–Crippen LogP) is 2.23. The smallest absolute Gasteiger partial charge is 0.293 e. The maximum atomic E-state index is 9.90. The average Bonchev–Trinajstić information content (AvgIpc) is 2.15. The van der Waals surface area contributed by atoms with Crippen LogP contribution in [0.15, 0.2) is 12.5 Å². The first-order valence-electron chi connectivity index (χ1n) is 3.47. The second-order valence-electron chi connectivity index (χ2n) is 2.23. The van der Waals surface area contributed by atoms with E-state index in [1.165, 1.54) is 6.33 Å². The SMILES string of the molecule is C.O=COCC(Cl)c1cnc[nH]c1=S. The molecule has 0 radical (unpaired) electrons. The number of nitrogens with zero attached hydrogens (tertiary/aromatic N) is 1. The number of carbonyl (C=O) groups excluding carboxylic acids is 1. The number of carbonyl (C=O) groups is 1. The van der Waals surface area contributed by atoms with Crippen molar-refractivity contribution in [3.05, 3.63) is 22.7 Å². The van der Waals surface area contributed by atoms with E-state index in [1.54, 1.807) is 6.20 Å². The highest BCUT2D eigenvalue weighted by atomic mass is 35.5. The molecule has 0 aliphatic carbocycles. The first kappa shape index (κ1) is 13.1. The molecule has 1 atom stereocenters. The van der Waals surface area contributed by atoms with E-state index in [9.17, 15) is 4.79 Å². The number of hydrogen-bond acceptors (Lipinski definition) is 4. The highest BCUT2D eigenvalue weighted by Crippen LogP contribution is 2.19. The Kier molecular flexibility index (Phi) is 6.07. The highest BCUT2D eigenvalue weighted by molar-refractivity contribution is 7.71. The van der Waals surface area contributed by atoms with Gasteiger partial charge in [-0.15, -0.1) is 11.6 Å². The standard InChI is InChI=1S/C7H7ClN2O2S.CH4/c8-6(2-12-4-11)5-1-9-3-10-7(5)13;/h1,3-4,6H,2H2,(H,9,10,13);1H4. The van der Waals surface area contributed by atoms with Crippen LogP contribution >= 0.6 is 23.8 Å². The molecule has 0 aliphatic rings. The molecule has 0 bridgehead atoms. The maximum Gasteiger partial charge on any atom is 0.293 e. The number of H-pyrrole nitrogens is 1. The first-order valence-corrected chi connectivity index (χ1v) is 4.32. The van der Waals surface area contributed by atoms with Crippen molar-refractivity contribution < 1.29 is 9.53 Å². The van der Waals surface area contributed by atoms with E-state index < -0.39 is 5.38 Å². The van der Waals surface area contributed by atoms with Crippen molar-refractivity contribution in [2.24, 2.45) is 0 Å². The van der Waals surface area contributed by atoms with Gasteiger partial charge in [-0.25, -0.2) is 4.98 Å². The minimum Gasteiger partial charge on any atom is -0.466 e. The summed E-state index contributed by atoms with van der Waals surface area (Å²) < 4.78 is 5.01. The Hall–Kier alpha value is -0.940. The van der Waals surface area contributed by atoms with Crippen LogP contribution in [0, 0.1) is 4.64 Å². The van der Waals surface area contributed by atoms with Crippen LogP contribution in [0.2, 0.25) is 0 Å². The summed E-state index contributed by atoms with van der Waals surface area (Å²) in [5, 5.41) is -0.456. The Morgan fingerprint density at radius 1 is 1.79 bits per heavy atom. The second-order valence-corrected chi connectivity index (χ2v) is 3.17. The molecule has 4 nitrogen and oxygen atoms in total. The van der Waals surface area contributed by atoms with Gasteiger partial charge in [0.1, 0.15) is 11.2 Å². The number of ether oxygens (including phenoxy) is 1. The summed E-state index contributed by atoms with van der Waals surface area (Å²) in [6.45, 7) is 0.437. The van der Waals surface area contributed by atoms with E-state index in [4.69, 9.17) is 23.8 Å². The molecule has 0 saturated heterocycles. The summed E-state index contributed by atoms with van der Waals surface area (Å²) in [4.78, 5) is 16.5. The molecule has 1 heterocycles. The van der Waals surface area contributed by atoms with Gasteiger partial charge in [0, 0.05) is 11.8 Å². The summed E-state index contributed by atoms with van der Waals surface area (Å²) in [6, 6.07) is 0. The topological polar surface area (TPSA) is 55.0 Å². The van der Waals surface area contributed by atoms with Gasteiger partial charge < -0.3 is 9.72 Å². The molecule has 0 aliphatic heterocycles. The number of aromatic amines is 1. The minimum atomic E-state index is -0.456. The van der Waals surface area contributed by atoms with E-state index in [0.717, 1.165) is 0 Å². The van der Waals surface area contributed by atoms with Gasteiger partial charge in [0.2, 0.25) is 0 Å². The Balaban J connectivity index is 0.00000169. The summed E-state index contributed by atoms with van der Waals surface area (Å²) >= 11 is 10.8. The Morgan fingerprint density at radius 2 is 2.50 bits per heavy atom. The van der Waals surface area contributed by atoms with E-state index in [0.29, 0.717) is 16.7 Å². The molecule has 0 fully saturated rings. The number of nitrogens with one attached hydrogen (secondary N) is 1. The molecule has 1 unspecified atom stereocenters. The maximum absolute atomic E-state index is 9.90. The van der Waals surface area contributed by atoms with Crippen LogP contribution in [0.5, 0.6) is 0 Å². The van der Waals surface area contributed by atoms with Crippen LogP contribution in [0.4, 0.5) is 0 Å². The third kappa shape index (κ3) is 3.43. The molecule has 1 aromatic heterocycles. The number of hydrogen-bond donors (Lipinski definition) is 1. The van der Waals surface area contributed by atoms with Gasteiger partial charge in [-0.3, -0.25) is 4.79 Å². The lowest BCUT2D eigenvalue weighted by molar-refractivity contribution is -0.128. The van der Waals surface area contributed by atoms with Gasteiger partial charge in [0.15, 0.2) is 0 Å². The molecule has 1 N–H and O–H groups in total. The average molecular weight is 235 g/mol. The molecular weight excluding hydrogens is 224 g/mol. The van der Waals surface area contributed by atoms with Crippen molar-refractivity contribution in [3.8, 4) is 0 Å². The highest BCUT2D eigenvalue weighted by Gasteiger charge is 2.10. The third-order valence-corrected chi connectivity index (χ3v) is 2.11. The van der Waals surface area contributed by atoms with Crippen LogP contribution < -0.4 is 0 Å². The van der Waals surface area contributed by atoms with Crippen molar-refractivity contribution in [2.75, 3.05) is 6.61 Å². The first-order chi connectivity index (χ1) is 6.25. The molecule has 6 heteroatoms. The molecule has 1 rings (SSSR count). The third-order valence-electron chi connectivity index (χ3n) is 1.39. The zero-order valence-electron chi connectivity index (χ0n) is 6.57. The van der Waals surface area contributed by atoms with Gasteiger partial charge in [-0.2, -0.15) is 0 Å². The zero-order valence-corrected chi connectivity index (χ0v) is 8.14. The van der Waals surface area contributed by atoms with Crippen LogP contribution in [-0.4, -0.2) is 23.0 Å². The second kappa shape index (κ2) is 6.50. The van der Waals surface area contributed by atoms with E-state index in [2.05, 4.69) is 14.7 Å². The lowest BCUT2D eigenvalue weighted by Gasteiger charge is -2.06. The predicted molar refractivity (Wildman–Crippen MR) is 56.8 cm³/mol. The van der Waals surface area contributed by atoms with Gasteiger partial charge in [0.25, 0.3) is 6.47 Å². The Morgan fingerprint density at radius 3 is 3.07 bits per heavy atom. The summed E-state index contributed by atoms with van der Waals surface area (Å²) in [5.41, 5.74) is 0.654.